The van der Waals surface area contributed by atoms with Crippen molar-refractivity contribution in [2.24, 2.45) is 0 Å². The highest BCUT2D eigenvalue weighted by Crippen LogP contribution is 2.38. The molecule has 1 aliphatic heterocycles. The second-order valence-corrected chi connectivity index (χ2v) is 9.67. The number of halogens is 1. The Kier molecular flexibility index (Phi) is 4.87. The molecule has 1 saturated heterocycles. The van der Waals surface area contributed by atoms with Gasteiger partial charge >= 0.3 is 0 Å². The van der Waals surface area contributed by atoms with E-state index < -0.39 is 21.9 Å². The number of hydrogen-bond acceptors (Lipinski definition) is 4. The SMILES string of the molecule is Cc1ccccc1-c1ccc2oc([C@@H]3CCCN3S(=O)(=O)c3ccc(F)cc3)nc2c1. The van der Waals surface area contributed by atoms with Gasteiger partial charge in [-0.25, -0.2) is 17.8 Å². The highest BCUT2D eigenvalue weighted by Gasteiger charge is 2.39. The lowest BCUT2D eigenvalue weighted by molar-refractivity contribution is 0.337. The minimum absolute atomic E-state index is 0.0683. The molecule has 3 aromatic carbocycles. The third-order valence-electron chi connectivity index (χ3n) is 5.77. The average molecular weight is 437 g/mol. The van der Waals surface area contributed by atoms with Crippen LogP contribution >= 0.6 is 0 Å². The van der Waals surface area contributed by atoms with E-state index in [4.69, 9.17) is 4.42 Å². The van der Waals surface area contributed by atoms with E-state index in [0.29, 0.717) is 36.4 Å². The molecular formula is C24H21FN2O3S. The number of aromatic nitrogens is 1. The van der Waals surface area contributed by atoms with Crippen LogP contribution in [0.5, 0.6) is 0 Å². The summed E-state index contributed by atoms with van der Waals surface area (Å²) < 4.78 is 47.0. The minimum atomic E-state index is -3.78. The summed E-state index contributed by atoms with van der Waals surface area (Å²) in [4.78, 5) is 4.72. The smallest absolute Gasteiger partial charge is 0.243 e. The van der Waals surface area contributed by atoms with Gasteiger partial charge in [-0.05, 0) is 72.9 Å². The van der Waals surface area contributed by atoms with Crippen LogP contribution in [-0.2, 0) is 10.0 Å². The van der Waals surface area contributed by atoms with E-state index in [-0.39, 0.29) is 4.90 Å². The first-order valence-corrected chi connectivity index (χ1v) is 11.6. The zero-order chi connectivity index (χ0) is 21.6. The summed E-state index contributed by atoms with van der Waals surface area (Å²) in [6.07, 6.45) is 1.33. The summed E-state index contributed by atoms with van der Waals surface area (Å²) in [7, 11) is -3.78. The number of rotatable bonds is 4. The van der Waals surface area contributed by atoms with Crippen molar-refractivity contribution in [2.75, 3.05) is 6.54 Å². The van der Waals surface area contributed by atoms with Crippen molar-refractivity contribution in [1.82, 2.24) is 9.29 Å². The molecule has 1 aliphatic rings. The van der Waals surface area contributed by atoms with Crippen molar-refractivity contribution >= 4 is 21.1 Å². The summed E-state index contributed by atoms with van der Waals surface area (Å²) in [6, 6.07) is 18.4. The van der Waals surface area contributed by atoms with Gasteiger partial charge in [0, 0.05) is 6.54 Å². The third-order valence-corrected chi connectivity index (χ3v) is 7.69. The largest absolute Gasteiger partial charge is 0.439 e. The van der Waals surface area contributed by atoms with Gasteiger partial charge in [-0.1, -0.05) is 30.3 Å². The Labute approximate surface area is 180 Å². The van der Waals surface area contributed by atoms with E-state index in [1.54, 1.807) is 0 Å². The fourth-order valence-corrected chi connectivity index (χ4v) is 5.82. The first kappa shape index (κ1) is 19.9. The molecule has 4 aromatic rings. The summed E-state index contributed by atoms with van der Waals surface area (Å²) in [5.74, 6) is -0.0829. The van der Waals surface area contributed by atoms with Gasteiger partial charge in [0.1, 0.15) is 17.4 Å². The second-order valence-electron chi connectivity index (χ2n) is 7.78. The molecule has 7 heteroatoms. The number of nitrogens with zero attached hydrogens (tertiary/aromatic N) is 2. The molecule has 1 atom stereocenters. The molecule has 0 saturated carbocycles. The molecule has 5 rings (SSSR count). The van der Waals surface area contributed by atoms with E-state index in [2.05, 4.69) is 24.0 Å². The quantitative estimate of drug-likeness (QED) is 0.426. The molecule has 5 nitrogen and oxygen atoms in total. The zero-order valence-electron chi connectivity index (χ0n) is 17.0. The molecule has 1 fully saturated rings. The minimum Gasteiger partial charge on any atom is -0.439 e. The first-order chi connectivity index (χ1) is 14.9. The molecule has 0 unspecified atom stereocenters. The van der Waals surface area contributed by atoms with Gasteiger partial charge in [0.25, 0.3) is 0 Å². The number of oxazole rings is 1. The molecule has 0 aliphatic carbocycles. The van der Waals surface area contributed by atoms with Crippen LogP contribution in [-0.4, -0.2) is 24.3 Å². The van der Waals surface area contributed by atoms with E-state index in [9.17, 15) is 12.8 Å². The maximum Gasteiger partial charge on any atom is 0.243 e. The van der Waals surface area contributed by atoms with Crippen LogP contribution in [0.25, 0.3) is 22.2 Å². The molecule has 158 valence electrons. The van der Waals surface area contributed by atoms with Gasteiger partial charge in [0.15, 0.2) is 5.58 Å². The lowest BCUT2D eigenvalue weighted by Crippen LogP contribution is -2.30. The van der Waals surface area contributed by atoms with Gasteiger partial charge in [0.05, 0.1) is 4.90 Å². The number of benzene rings is 3. The van der Waals surface area contributed by atoms with Crippen molar-refractivity contribution < 1.29 is 17.2 Å². The number of aryl methyl sites for hydroxylation is 1. The predicted octanol–water partition coefficient (Wildman–Crippen LogP) is 5.47. The topological polar surface area (TPSA) is 63.4 Å². The highest BCUT2D eigenvalue weighted by molar-refractivity contribution is 7.89. The predicted molar refractivity (Wildman–Crippen MR) is 116 cm³/mol. The fraction of sp³-hybridized carbons (Fsp3) is 0.208. The average Bonchev–Trinajstić information content (AvgIpc) is 3.41. The standard InChI is InChI=1S/C24H21FN2O3S/c1-16-5-2-3-6-20(16)17-8-13-23-21(15-17)26-24(30-23)22-7-4-14-27(22)31(28,29)19-11-9-18(25)10-12-19/h2-3,5-6,8-13,15,22H,4,7,14H2,1H3/t22-/m0/s1. The Morgan fingerprint density at radius 3 is 2.61 bits per heavy atom. The molecule has 2 heterocycles. The third kappa shape index (κ3) is 3.54. The Morgan fingerprint density at radius 2 is 1.84 bits per heavy atom. The van der Waals surface area contributed by atoms with Gasteiger partial charge in [0.2, 0.25) is 15.9 Å². The summed E-state index contributed by atoms with van der Waals surface area (Å²) in [6.45, 7) is 2.43. The van der Waals surface area contributed by atoms with Crippen LogP contribution in [0.3, 0.4) is 0 Å². The van der Waals surface area contributed by atoms with Gasteiger partial charge in [-0.2, -0.15) is 4.31 Å². The summed E-state index contributed by atoms with van der Waals surface area (Å²) in [5, 5.41) is 0. The van der Waals surface area contributed by atoms with Crippen LogP contribution < -0.4 is 0 Å². The van der Waals surface area contributed by atoms with Crippen molar-refractivity contribution in [3.05, 3.63) is 84.0 Å². The lowest BCUT2D eigenvalue weighted by Gasteiger charge is -2.21. The Hall–Kier alpha value is -3.03. The number of hydrogen-bond donors (Lipinski definition) is 0. The number of fused-ring (bicyclic) bond motifs is 1. The van der Waals surface area contributed by atoms with Crippen LogP contribution in [0, 0.1) is 12.7 Å². The monoisotopic (exact) mass is 436 g/mol. The van der Waals surface area contributed by atoms with Crippen molar-refractivity contribution in [3.63, 3.8) is 0 Å². The Balaban J connectivity index is 1.51. The maximum absolute atomic E-state index is 13.3. The van der Waals surface area contributed by atoms with Crippen LogP contribution in [0.15, 0.2) is 76.0 Å². The molecule has 0 spiro atoms. The Morgan fingerprint density at radius 1 is 1.06 bits per heavy atom. The maximum atomic E-state index is 13.3. The Bertz CT molecular complexity index is 1360. The van der Waals surface area contributed by atoms with E-state index in [1.807, 2.05) is 30.3 Å². The van der Waals surface area contributed by atoms with Crippen molar-refractivity contribution in [1.29, 1.82) is 0 Å². The van der Waals surface area contributed by atoms with Gasteiger partial charge in [-0.3, -0.25) is 0 Å². The molecule has 1 aromatic heterocycles. The van der Waals surface area contributed by atoms with Crippen molar-refractivity contribution in [3.8, 4) is 11.1 Å². The van der Waals surface area contributed by atoms with Crippen molar-refractivity contribution in [2.45, 2.75) is 30.7 Å². The lowest BCUT2D eigenvalue weighted by atomic mass is 10.0. The van der Waals surface area contributed by atoms with Gasteiger partial charge in [-0.15, -0.1) is 0 Å². The number of sulfonamides is 1. The molecule has 0 amide bonds. The zero-order valence-corrected chi connectivity index (χ0v) is 17.8. The molecular weight excluding hydrogens is 415 g/mol. The van der Waals surface area contributed by atoms with E-state index in [1.165, 1.54) is 16.4 Å². The van der Waals surface area contributed by atoms with E-state index in [0.717, 1.165) is 28.8 Å². The molecule has 0 N–H and O–H groups in total. The molecule has 31 heavy (non-hydrogen) atoms. The van der Waals surface area contributed by atoms with Crippen LogP contribution in [0.1, 0.15) is 30.3 Å². The summed E-state index contributed by atoms with van der Waals surface area (Å²) >= 11 is 0. The second kappa shape index (κ2) is 7.59. The fourth-order valence-electron chi connectivity index (χ4n) is 4.17. The molecule has 0 bridgehead atoms. The van der Waals surface area contributed by atoms with E-state index >= 15 is 0 Å². The molecule has 0 radical (unpaired) electrons. The highest BCUT2D eigenvalue weighted by atomic mass is 32.2. The van der Waals surface area contributed by atoms with Crippen LogP contribution in [0.2, 0.25) is 0 Å². The van der Waals surface area contributed by atoms with Gasteiger partial charge < -0.3 is 4.42 Å². The summed E-state index contributed by atoms with van der Waals surface area (Å²) in [5.41, 5.74) is 4.64. The first-order valence-electron chi connectivity index (χ1n) is 10.2. The normalized spacial score (nSPS) is 17.4. The van der Waals surface area contributed by atoms with Crippen LogP contribution in [0.4, 0.5) is 4.39 Å².